The van der Waals surface area contributed by atoms with Crippen molar-refractivity contribution in [2.75, 3.05) is 6.61 Å². The lowest BCUT2D eigenvalue weighted by Gasteiger charge is -2.72. The summed E-state index contributed by atoms with van der Waals surface area (Å²) >= 11 is 0. The van der Waals surface area contributed by atoms with E-state index in [0.717, 1.165) is 25.7 Å². The zero-order chi connectivity index (χ0) is 45.0. The fourth-order valence-electron chi connectivity index (χ4n) is 13.9. The van der Waals surface area contributed by atoms with Gasteiger partial charge in [0.15, 0.2) is 18.5 Å². The smallest absolute Gasteiger partial charge is 0.314 e. The third kappa shape index (κ3) is 7.32. The molecule has 6 fully saturated rings. The Labute approximate surface area is 359 Å². The van der Waals surface area contributed by atoms with Gasteiger partial charge >= 0.3 is 17.9 Å². The van der Waals surface area contributed by atoms with Gasteiger partial charge < -0.3 is 59.1 Å². The van der Waals surface area contributed by atoms with Crippen LogP contribution in [-0.4, -0.2) is 129 Å². The number of hydrogen-bond donors (Lipinski definition) is 6. The van der Waals surface area contributed by atoms with Gasteiger partial charge in [-0.25, -0.2) is 0 Å². The van der Waals surface area contributed by atoms with E-state index in [2.05, 4.69) is 33.8 Å². The Kier molecular flexibility index (Phi) is 12.3. The summed E-state index contributed by atoms with van der Waals surface area (Å²) in [6, 6.07) is 0. The third-order valence-electron chi connectivity index (χ3n) is 18.2. The summed E-state index contributed by atoms with van der Waals surface area (Å²) in [7, 11) is 0. The fraction of sp³-hybridized carbons (Fsp3) is 0.891. The van der Waals surface area contributed by atoms with Crippen LogP contribution in [-0.2, 0) is 42.8 Å². The first-order valence-corrected chi connectivity index (χ1v) is 22.5. The molecular weight excluding hydrogens is 792 g/mol. The Morgan fingerprint density at radius 1 is 0.705 bits per heavy atom. The number of esters is 3. The highest BCUT2D eigenvalue weighted by atomic mass is 16.7. The molecule has 5 aliphatic carbocycles. The van der Waals surface area contributed by atoms with Gasteiger partial charge in [-0.3, -0.25) is 14.4 Å². The summed E-state index contributed by atoms with van der Waals surface area (Å²) < 4.78 is 34.7. The summed E-state index contributed by atoms with van der Waals surface area (Å²) in [5, 5.41) is 66.7. The first-order chi connectivity index (χ1) is 28.3. The summed E-state index contributed by atoms with van der Waals surface area (Å²) in [4.78, 5) is 38.0. The van der Waals surface area contributed by atoms with Crippen LogP contribution in [0, 0.1) is 50.2 Å². The number of ether oxygens (including phenoxy) is 6. The summed E-state index contributed by atoms with van der Waals surface area (Å²) in [5.41, 5.74) is -1.61. The maximum absolute atomic E-state index is 14.1. The molecule has 15 heteroatoms. The summed E-state index contributed by atoms with van der Waals surface area (Å²) in [6.07, 6.45) is -5.55. The van der Waals surface area contributed by atoms with Gasteiger partial charge in [0.2, 0.25) is 6.29 Å². The monoisotopic (exact) mass is 864 g/mol. The van der Waals surface area contributed by atoms with Crippen LogP contribution in [0.4, 0.5) is 0 Å². The van der Waals surface area contributed by atoms with Crippen LogP contribution in [0.5, 0.6) is 0 Å². The van der Waals surface area contributed by atoms with E-state index in [0.29, 0.717) is 25.7 Å². The zero-order valence-corrected chi connectivity index (χ0v) is 37.7. The SMILES string of the molecule is CC(=O)O[C@@H]1[C@@H](OC(C)=O)[C@@H](O)[C@H](OC[C@@]2(C)C3CC[C@]4(C)[C@H](CC=C5[C@@H]6C[C@](C)(C(=O)O[C@@H]7O[C@@H](C)[C@H](O)[C@@H](O)[C@H]7O)CC[C@]6(C)CC[C@]54C)[C@@]3(C)[C@@H](O)C[C@@H]2O)O[C@H]1C. The number of carbonyl (C=O) groups is 3. The van der Waals surface area contributed by atoms with E-state index in [1.54, 1.807) is 13.8 Å². The third-order valence-corrected chi connectivity index (χ3v) is 18.2. The Bertz CT molecular complexity index is 1740. The number of rotatable bonds is 7. The van der Waals surface area contributed by atoms with Crippen LogP contribution in [0.15, 0.2) is 11.6 Å². The maximum Gasteiger partial charge on any atom is 0.314 e. The maximum atomic E-state index is 14.1. The van der Waals surface area contributed by atoms with Crippen molar-refractivity contribution in [3.8, 4) is 0 Å². The second-order valence-corrected chi connectivity index (χ2v) is 21.6. The summed E-state index contributed by atoms with van der Waals surface area (Å²) in [6.45, 7) is 18.8. The van der Waals surface area contributed by atoms with E-state index < -0.39 is 108 Å². The quantitative estimate of drug-likeness (QED) is 0.122. The second-order valence-electron chi connectivity index (χ2n) is 21.6. The normalized spacial score (nSPS) is 53.2. The van der Waals surface area contributed by atoms with Gasteiger partial charge in [-0.05, 0) is 106 Å². The van der Waals surface area contributed by atoms with E-state index in [4.69, 9.17) is 28.4 Å². The lowest BCUT2D eigenvalue weighted by atomic mass is 9.33. The minimum Gasteiger partial charge on any atom is -0.456 e. The van der Waals surface area contributed by atoms with Crippen LogP contribution >= 0.6 is 0 Å². The molecule has 1 unspecified atom stereocenters. The number of hydrogen-bond acceptors (Lipinski definition) is 15. The minimum atomic E-state index is -1.58. The van der Waals surface area contributed by atoms with E-state index in [-0.39, 0.29) is 47.0 Å². The van der Waals surface area contributed by atoms with Crippen molar-refractivity contribution < 1.29 is 73.4 Å². The van der Waals surface area contributed by atoms with Crippen LogP contribution < -0.4 is 0 Å². The van der Waals surface area contributed by atoms with Crippen molar-refractivity contribution in [1.29, 1.82) is 0 Å². The molecule has 7 aliphatic rings. The molecule has 2 aliphatic heterocycles. The van der Waals surface area contributed by atoms with Gasteiger partial charge in [0.05, 0.1) is 36.4 Å². The number of carbonyl (C=O) groups excluding carboxylic acids is 3. The molecular formula is C46H72O15. The molecule has 6 N–H and O–H groups in total. The number of fused-ring (bicyclic) bond motifs is 7. The van der Waals surface area contributed by atoms with Crippen molar-refractivity contribution in [3.05, 3.63) is 11.6 Å². The Balaban J connectivity index is 1.13. The molecule has 0 aromatic carbocycles. The molecule has 15 nitrogen and oxygen atoms in total. The molecule has 0 amide bonds. The number of aliphatic hydroxyl groups is 6. The van der Waals surface area contributed by atoms with Crippen molar-refractivity contribution in [2.45, 2.75) is 201 Å². The molecule has 61 heavy (non-hydrogen) atoms. The average molecular weight is 865 g/mol. The molecule has 0 radical (unpaired) electrons. The number of allylic oxidation sites excluding steroid dienone is 2. The van der Waals surface area contributed by atoms with Crippen molar-refractivity contribution in [3.63, 3.8) is 0 Å². The molecule has 7 rings (SSSR count). The highest BCUT2D eigenvalue weighted by molar-refractivity contribution is 5.77. The lowest BCUT2D eigenvalue weighted by molar-refractivity contribution is -0.316. The molecule has 0 bridgehead atoms. The average Bonchev–Trinajstić information content (AvgIpc) is 3.18. The van der Waals surface area contributed by atoms with Gasteiger partial charge in [-0.1, -0.05) is 46.3 Å². The van der Waals surface area contributed by atoms with E-state index in [9.17, 15) is 45.0 Å². The largest absolute Gasteiger partial charge is 0.456 e. The van der Waals surface area contributed by atoms with Crippen LogP contribution in [0.1, 0.15) is 127 Å². The molecule has 0 aromatic rings. The van der Waals surface area contributed by atoms with Gasteiger partial charge in [-0.15, -0.1) is 0 Å². The highest BCUT2D eigenvalue weighted by Crippen LogP contribution is 2.76. The first kappa shape index (κ1) is 46.8. The highest BCUT2D eigenvalue weighted by Gasteiger charge is 2.71. The van der Waals surface area contributed by atoms with E-state index >= 15 is 0 Å². The summed E-state index contributed by atoms with van der Waals surface area (Å²) in [5.74, 6) is -1.86. The van der Waals surface area contributed by atoms with Crippen molar-refractivity contribution in [2.24, 2.45) is 50.2 Å². The van der Waals surface area contributed by atoms with Crippen molar-refractivity contribution in [1.82, 2.24) is 0 Å². The Hall–Kier alpha value is -2.21. The van der Waals surface area contributed by atoms with Gasteiger partial charge in [0.25, 0.3) is 0 Å². The first-order valence-electron chi connectivity index (χ1n) is 22.5. The number of aliphatic hydroxyl groups excluding tert-OH is 6. The molecule has 21 atom stereocenters. The standard InChI is InChI=1S/C46H72O15/c1-22-32(51)33(52)34(53)39(57-22)61-40(55)42(6)16-15-41(5)17-18-44(8)26(27(41)20-42)11-12-29-45(44,9)14-13-28-43(7,30(49)19-31(50)46(28,29)10)21-56-38-35(54)37(60-25(4)48)36(23(2)58-38)59-24(3)47/h11,22-23,27-39,49-54H,12-21H2,1-10H3/t22-,23-,27-,28?,29-,30-,31-,32-,33+,34+,35+,36-,37-,38+,39-,41+,42+,43-,44+,45+,46-/m0/s1. The minimum absolute atomic E-state index is 0.0150. The van der Waals surface area contributed by atoms with E-state index in [1.165, 1.54) is 19.4 Å². The molecule has 4 saturated carbocycles. The van der Waals surface area contributed by atoms with Crippen LogP contribution in [0.3, 0.4) is 0 Å². The molecule has 0 spiro atoms. The zero-order valence-electron chi connectivity index (χ0n) is 37.7. The van der Waals surface area contributed by atoms with Crippen LogP contribution in [0.2, 0.25) is 0 Å². The lowest BCUT2D eigenvalue weighted by Crippen LogP contribution is -2.69. The molecule has 2 saturated heterocycles. The Morgan fingerprint density at radius 3 is 1.98 bits per heavy atom. The molecule has 346 valence electrons. The predicted octanol–water partition coefficient (Wildman–Crippen LogP) is 3.46. The fourth-order valence-corrected chi connectivity index (χ4v) is 13.9. The van der Waals surface area contributed by atoms with Crippen LogP contribution in [0.25, 0.3) is 0 Å². The topological polar surface area (TPSA) is 228 Å². The van der Waals surface area contributed by atoms with Gasteiger partial charge in [0, 0.05) is 31.1 Å². The van der Waals surface area contributed by atoms with Gasteiger partial charge in [0.1, 0.15) is 24.4 Å². The van der Waals surface area contributed by atoms with Gasteiger partial charge in [-0.2, -0.15) is 0 Å². The Morgan fingerprint density at radius 2 is 1.33 bits per heavy atom. The molecule has 0 aromatic heterocycles. The van der Waals surface area contributed by atoms with Crippen molar-refractivity contribution >= 4 is 17.9 Å². The second kappa shape index (κ2) is 16.0. The van der Waals surface area contributed by atoms with E-state index in [1.807, 2.05) is 13.8 Å². The predicted molar refractivity (Wildman–Crippen MR) is 217 cm³/mol. The molecule has 2 heterocycles.